The monoisotopic (exact) mass is 149 g/mol. The van der Waals surface area contributed by atoms with Crippen molar-refractivity contribution in [2.24, 2.45) is 0 Å². The third-order valence-electron chi connectivity index (χ3n) is 1.47. The van der Waals surface area contributed by atoms with E-state index in [2.05, 4.69) is 5.92 Å². The summed E-state index contributed by atoms with van der Waals surface area (Å²) in [4.78, 5) is 22.9. The van der Waals surface area contributed by atoms with Crippen LogP contribution in [0.1, 0.15) is 6.92 Å². The number of nitrogens with zero attached hydrogens (tertiary/aromatic N) is 1. The Hall–Kier alpha value is -1.56. The summed E-state index contributed by atoms with van der Waals surface area (Å²) < 4.78 is 0. The van der Waals surface area contributed by atoms with Crippen molar-refractivity contribution < 1.29 is 9.59 Å². The molecule has 1 atom stereocenters. The van der Waals surface area contributed by atoms with Crippen LogP contribution in [0.2, 0.25) is 0 Å². The van der Waals surface area contributed by atoms with Crippen LogP contribution in [-0.4, -0.2) is 22.8 Å². The second kappa shape index (κ2) is 2.59. The first-order chi connectivity index (χ1) is 5.16. The van der Waals surface area contributed by atoms with E-state index in [1.807, 2.05) is 0 Å². The first-order valence-electron chi connectivity index (χ1n) is 3.18. The largest absolute Gasteiger partial charge is 0.269 e. The SMILES string of the molecule is C#CC(C)N1C(=O)C=CC1=O. The lowest BCUT2D eigenvalue weighted by Gasteiger charge is -2.16. The number of hydrogen-bond donors (Lipinski definition) is 0. The Labute approximate surface area is 64.7 Å². The minimum Gasteiger partial charge on any atom is -0.269 e. The van der Waals surface area contributed by atoms with E-state index in [9.17, 15) is 9.59 Å². The predicted molar refractivity (Wildman–Crippen MR) is 39.3 cm³/mol. The molecule has 1 rings (SSSR count). The van der Waals surface area contributed by atoms with Gasteiger partial charge in [0.1, 0.15) is 0 Å². The molecule has 3 heteroatoms. The molecule has 0 saturated heterocycles. The predicted octanol–water partition coefficient (Wildman–Crippen LogP) is -0.0669. The minimum absolute atomic E-state index is 0.333. The average Bonchev–Trinajstić information content (AvgIpc) is 2.30. The van der Waals surface area contributed by atoms with Crippen LogP contribution in [0.15, 0.2) is 12.2 Å². The lowest BCUT2D eigenvalue weighted by Crippen LogP contribution is -2.37. The first-order valence-corrected chi connectivity index (χ1v) is 3.18. The normalized spacial score (nSPS) is 18.7. The highest BCUT2D eigenvalue weighted by Gasteiger charge is 2.26. The van der Waals surface area contributed by atoms with Crippen molar-refractivity contribution in [2.45, 2.75) is 13.0 Å². The number of terminal acetylenes is 1. The zero-order valence-corrected chi connectivity index (χ0v) is 6.07. The molecule has 1 unspecified atom stereocenters. The van der Waals surface area contributed by atoms with Gasteiger partial charge in [-0.25, -0.2) is 0 Å². The van der Waals surface area contributed by atoms with E-state index >= 15 is 0 Å². The van der Waals surface area contributed by atoms with Crippen molar-refractivity contribution in [3.8, 4) is 12.3 Å². The van der Waals surface area contributed by atoms with Crippen molar-refractivity contribution in [3.05, 3.63) is 12.2 Å². The molecule has 0 saturated carbocycles. The number of carbonyl (C=O) groups excluding carboxylic acids is 2. The summed E-state index contributed by atoms with van der Waals surface area (Å²) in [5.41, 5.74) is 0. The summed E-state index contributed by atoms with van der Waals surface area (Å²) >= 11 is 0. The van der Waals surface area contributed by atoms with Gasteiger partial charge >= 0.3 is 0 Å². The van der Waals surface area contributed by atoms with E-state index in [0.717, 1.165) is 4.90 Å². The maximum absolute atomic E-state index is 10.9. The molecule has 0 fully saturated rings. The molecule has 0 aromatic rings. The average molecular weight is 149 g/mol. The van der Waals surface area contributed by atoms with E-state index in [-0.39, 0.29) is 11.8 Å². The summed E-state index contributed by atoms with van der Waals surface area (Å²) in [5.74, 6) is 1.65. The van der Waals surface area contributed by atoms with Gasteiger partial charge in [-0.05, 0) is 6.92 Å². The first kappa shape index (κ1) is 7.55. The molecule has 0 aliphatic carbocycles. The fourth-order valence-electron chi connectivity index (χ4n) is 0.868. The molecule has 2 amide bonds. The Bertz CT molecular complexity index is 254. The van der Waals surface area contributed by atoms with Crippen LogP contribution in [0.25, 0.3) is 0 Å². The quantitative estimate of drug-likeness (QED) is 0.386. The lowest BCUT2D eigenvalue weighted by molar-refractivity contribution is -0.137. The highest BCUT2D eigenvalue weighted by atomic mass is 16.2. The summed E-state index contributed by atoms with van der Waals surface area (Å²) in [5, 5.41) is 0. The number of amides is 2. The maximum atomic E-state index is 10.9. The summed E-state index contributed by atoms with van der Waals surface area (Å²) in [6.45, 7) is 1.63. The smallest absolute Gasteiger partial charge is 0.254 e. The van der Waals surface area contributed by atoms with Gasteiger partial charge in [-0.1, -0.05) is 5.92 Å². The van der Waals surface area contributed by atoms with Gasteiger partial charge in [0.05, 0.1) is 6.04 Å². The minimum atomic E-state index is -0.454. The molecule has 3 nitrogen and oxygen atoms in total. The molecular weight excluding hydrogens is 142 g/mol. The van der Waals surface area contributed by atoms with Gasteiger partial charge < -0.3 is 0 Å². The van der Waals surface area contributed by atoms with E-state index < -0.39 is 6.04 Å². The van der Waals surface area contributed by atoms with Crippen LogP contribution < -0.4 is 0 Å². The standard InChI is InChI=1S/C8H7NO2/c1-3-6(2)9-7(10)4-5-8(9)11/h1,4-6H,2H3. The molecule has 1 aliphatic heterocycles. The zero-order chi connectivity index (χ0) is 8.43. The Balaban J connectivity index is 2.83. The fraction of sp³-hybridized carbons (Fsp3) is 0.250. The van der Waals surface area contributed by atoms with Crippen molar-refractivity contribution in [2.75, 3.05) is 0 Å². The molecule has 1 aliphatic rings. The van der Waals surface area contributed by atoms with Gasteiger partial charge in [0, 0.05) is 12.2 Å². The van der Waals surface area contributed by atoms with Crippen LogP contribution in [0.3, 0.4) is 0 Å². The Morgan fingerprint density at radius 1 is 1.45 bits per heavy atom. The Kier molecular flexibility index (Phi) is 1.77. The molecule has 11 heavy (non-hydrogen) atoms. The Morgan fingerprint density at radius 2 is 1.91 bits per heavy atom. The highest BCUT2D eigenvalue weighted by Crippen LogP contribution is 2.07. The molecule has 56 valence electrons. The van der Waals surface area contributed by atoms with E-state index in [1.54, 1.807) is 6.92 Å². The van der Waals surface area contributed by atoms with Crippen LogP contribution in [-0.2, 0) is 9.59 Å². The maximum Gasteiger partial charge on any atom is 0.254 e. The molecule has 0 aromatic heterocycles. The van der Waals surface area contributed by atoms with Gasteiger partial charge in [0.25, 0.3) is 11.8 Å². The number of rotatable bonds is 1. The molecule has 0 radical (unpaired) electrons. The van der Waals surface area contributed by atoms with E-state index in [4.69, 9.17) is 6.42 Å². The third-order valence-corrected chi connectivity index (χ3v) is 1.47. The molecular formula is C8H7NO2. The number of hydrogen-bond acceptors (Lipinski definition) is 2. The summed E-state index contributed by atoms with van der Waals surface area (Å²) in [7, 11) is 0. The Morgan fingerprint density at radius 3 is 2.27 bits per heavy atom. The van der Waals surface area contributed by atoms with Gasteiger partial charge in [0.2, 0.25) is 0 Å². The van der Waals surface area contributed by atoms with Crippen LogP contribution in [0.5, 0.6) is 0 Å². The third kappa shape index (κ3) is 1.15. The molecule has 0 aromatic carbocycles. The second-order valence-corrected chi connectivity index (χ2v) is 2.22. The van der Waals surface area contributed by atoms with Crippen LogP contribution >= 0.6 is 0 Å². The summed E-state index contributed by atoms with van der Waals surface area (Å²) in [6.07, 6.45) is 7.49. The van der Waals surface area contributed by atoms with Crippen molar-refractivity contribution in [1.29, 1.82) is 0 Å². The topological polar surface area (TPSA) is 37.4 Å². The molecule has 0 spiro atoms. The van der Waals surface area contributed by atoms with E-state index in [0.29, 0.717) is 0 Å². The van der Waals surface area contributed by atoms with Gasteiger partial charge in [-0.3, -0.25) is 14.5 Å². The van der Waals surface area contributed by atoms with E-state index in [1.165, 1.54) is 12.2 Å². The second-order valence-electron chi connectivity index (χ2n) is 2.22. The molecule has 0 N–H and O–H groups in total. The fourth-order valence-corrected chi connectivity index (χ4v) is 0.868. The molecule has 0 bridgehead atoms. The van der Waals surface area contributed by atoms with Gasteiger partial charge in [-0.2, -0.15) is 0 Å². The van der Waals surface area contributed by atoms with Crippen molar-refractivity contribution in [1.82, 2.24) is 4.90 Å². The van der Waals surface area contributed by atoms with Crippen molar-refractivity contribution >= 4 is 11.8 Å². The van der Waals surface area contributed by atoms with Crippen molar-refractivity contribution in [3.63, 3.8) is 0 Å². The lowest BCUT2D eigenvalue weighted by atomic mass is 10.3. The number of imide groups is 1. The van der Waals surface area contributed by atoms with Gasteiger partial charge in [0.15, 0.2) is 0 Å². The highest BCUT2D eigenvalue weighted by molar-refractivity contribution is 6.13. The molecule has 1 heterocycles. The number of carbonyl (C=O) groups is 2. The van der Waals surface area contributed by atoms with Crippen LogP contribution in [0.4, 0.5) is 0 Å². The van der Waals surface area contributed by atoms with Crippen LogP contribution in [0, 0.1) is 12.3 Å². The summed E-state index contributed by atoms with van der Waals surface area (Å²) in [6, 6.07) is -0.454. The van der Waals surface area contributed by atoms with Gasteiger partial charge in [-0.15, -0.1) is 6.42 Å². The zero-order valence-electron chi connectivity index (χ0n) is 6.07.